The van der Waals surface area contributed by atoms with Crippen LogP contribution in [0.4, 0.5) is 5.69 Å². The number of carbonyl (C=O) groups is 3. The minimum absolute atomic E-state index is 0.0980. The van der Waals surface area contributed by atoms with Gasteiger partial charge in [-0.3, -0.25) is 4.79 Å². The summed E-state index contributed by atoms with van der Waals surface area (Å²) in [5.41, 5.74) is 0.788. The lowest BCUT2D eigenvalue weighted by atomic mass is 10.1. The molecule has 0 unspecified atom stereocenters. The number of benzene rings is 3. The predicted octanol–water partition coefficient (Wildman–Crippen LogP) is 4.26. The first-order chi connectivity index (χ1) is 17.4. The topological polar surface area (TPSA) is 124 Å². The lowest BCUT2D eigenvalue weighted by Crippen LogP contribution is -2.16. The number of rotatable bonds is 8. The molecule has 0 aromatic heterocycles. The molecule has 0 bridgehead atoms. The zero-order valence-electron chi connectivity index (χ0n) is 19.7. The number of amides is 1. The van der Waals surface area contributed by atoms with Crippen LogP contribution < -0.4 is 19.5 Å². The number of nitriles is 1. The van der Waals surface area contributed by atoms with E-state index in [1.165, 1.54) is 45.6 Å². The summed E-state index contributed by atoms with van der Waals surface area (Å²) in [7, 11) is 4.16. The summed E-state index contributed by atoms with van der Waals surface area (Å²) < 4.78 is 20.6. The van der Waals surface area contributed by atoms with Crippen molar-refractivity contribution < 1.29 is 33.3 Å². The zero-order valence-corrected chi connectivity index (χ0v) is 19.7. The van der Waals surface area contributed by atoms with Crippen molar-refractivity contribution in [2.45, 2.75) is 0 Å². The summed E-state index contributed by atoms with van der Waals surface area (Å²) in [4.78, 5) is 37.3. The Hall–Kier alpha value is -5.10. The fraction of sp³-hybridized carbons (Fsp3) is 0.111. The molecular weight excluding hydrogens is 464 g/mol. The smallest absolute Gasteiger partial charge is 0.343 e. The molecule has 36 heavy (non-hydrogen) atoms. The van der Waals surface area contributed by atoms with E-state index in [-0.39, 0.29) is 28.3 Å². The molecule has 3 aromatic carbocycles. The standard InChI is InChI=1S/C27H22N2O7/c1-33-20-11-9-18(10-12-20)26(31)36-24-15-17(8-13-23(24)34-2)14-19(16-28)25(30)29-22-7-5-4-6-21(22)27(32)35-3/h4-15H,1-3H3,(H,29,30)/b19-14-. The van der Waals surface area contributed by atoms with Crippen LogP contribution in [-0.2, 0) is 9.53 Å². The first kappa shape index (κ1) is 25.5. The van der Waals surface area contributed by atoms with Gasteiger partial charge in [0.05, 0.1) is 38.1 Å². The molecular formula is C27H22N2O7. The summed E-state index contributed by atoms with van der Waals surface area (Å²) in [5.74, 6) is -1.03. The quantitative estimate of drug-likeness (QED) is 0.217. The lowest BCUT2D eigenvalue weighted by molar-refractivity contribution is -0.112. The molecule has 0 aliphatic rings. The second kappa shape index (κ2) is 11.9. The second-order valence-electron chi connectivity index (χ2n) is 7.19. The largest absolute Gasteiger partial charge is 0.497 e. The third-order valence-electron chi connectivity index (χ3n) is 4.97. The Kier molecular flexibility index (Phi) is 8.40. The van der Waals surface area contributed by atoms with Crippen molar-refractivity contribution in [3.63, 3.8) is 0 Å². The highest BCUT2D eigenvalue weighted by Gasteiger charge is 2.17. The Morgan fingerprint density at radius 1 is 0.861 bits per heavy atom. The maximum absolute atomic E-state index is 12.8. The highest BCUT2D eigenvalue weighted by Crippen LogP contribution is 2.30. The van der Waals surface area contributed by atoms with Crippen molar-refractivity contribution in [1.82, 2.24) is 0 Å². The maximum Gasteiger partial charge on any atom is 0.343 e. The Morgan fingerprint density at radius 2 is 1.58 bits per heavy atom. The predicted molar refractivity (Wildman–Crippen MR) is 131 cm³/mol. The second-order valence-corrected chi connectivity index (χ2v) is 7.19. The molecule has 0 atom stereocenters. The Morgan fingerprint density at radius 3 is 2.22 bits per heavy atom. The number of carbonyl (C=O) groups excluding carboxylic acids is 3. The van der Waals surface area contributed by atoms with E-state index in [1.54, 1.807) is 48.5 Å². The van der Waals surface area contributed by atoms with Gasteiger partial charge in [-0.05, 0) is 60.2 Å². The van der Waals surface area contributed by atoms with Crippen LogP contribution in [0.2, 0.25) is 0 Å². The number of anilines is 1. The van der Waals surface area contributed by atoms with Gasteiger partial charge in [0, 0.05) is 0 Å². The van der Waals surface area contributed by atoms with E-state index in [0.717, 1.165) is 0 Å². The van der Waals surface area contributed by atoms with Crippen LogP contribution in [0, 0.1) is 11.3 Å². The molecule has 3 rings (SSSR count). The highest BCUT2D eigenvalue weighted by atomic mass is 16.6. The average molecular weight is 486 g/mol. The van der Waals surface area contributed by atoms with Crippen LogP contribution in [0.3, 0.4) is 0 Å². The van der Waals surface area contributed by atoms with Gasteiger partial charge in [-0.25, -0.2) is 9.59 Å². The van der Waals surface area contributed by atoms with Gasteiger partial charge in [0.15, 0.2) is 11.5 Å². The average Bonchev–Trinajstić information content (AvgIpc) is 2.91. The van der Waals surface area contributed by atoms with Gasteiger partial charge in [-0.1, -0.05) is 18.2 Å². The number of methoxy groups -OCH3 is 3. The van der Waals surface area contributed by atoms with Crippen molar-refractivity contribution in [2.75, 3.05) is 26.6 Å². The fourth-order valence-corrected chi connectivity index (χ4v) is 3.13. The van der Waals surface area contributed by atoms with E-state index in [2.05, 4.69) is 5.32 Å². The molecule has 0 saturated carbocycles. The van der Waals surface area contributed by atoms with E-state index in [1.807, 2.05) is 6.07 Å². The number of hydrogen-bond donors (Lipinski definition) is 1. The molecule has 0 aliphatic carbocycles. The van der Waals surface area contributed by atoms with Crippen LogP contribution in [-0.4, -0.2) is 39.2 Å². The SMILES string of the molecule is COC(=O)c1ccccc1NC(=O)/C(C#N)=C\c1ccc(OC)c(OC(=O)c2ccc(OC)cc2)c1. The summed E-state index contributed by atoms with van der Waals surface area (Å²) >= 11 is 0. The van der Waals surface area contributed by atoms with E-state index >= 15 is 0 Å². The van der Waals surface area contributed by atoms with Crippen LogP contribution in [0.15, 0.2) is 72.3 Å². The lowest BCUT2D eigenvalue weighted by Gasteiger charge is -2.11. The van der Waals surface area contributed by atoms with E-state index < -0.39 is 17.8 Å². The molecule has 0 aliphatic heterocycles. The van der Waals surface area contributed by atoms with Gasteiger partial charge in [0.1, 0.15) is 17.4 Å². The number of ether oxygens (including phenoxy) is 4. The zero-order chi connectivity index (χ0) is 26.1. The van der Waals surface area contributed by atoms with Crippen molar-refractivity contribution in [3.05, 3.63) is 89.0 Å². The third-order valence-corrected chi connectivity index (χ3v) is 4.97. The molecule has 0 heterocycles. The van der Waals surface area contributed by atoms with Gasteiger partial charge in [-0.15, -0.1) is 0 Å². The van der Waals surface area contributed by atoms with Gasteiger partial charge in [0.2, 0.25) is 0 Å². The molecule has 0 spiro atoms. The first-order valence-electron chi connectivity index (χ1n) is 10.5. The maximum atomic E-state index is 12.8. The molecule has 1 amide bonds. The molecule has 0 saturated heterocycles. The Bertz CT molecular complexity index is 1360. The van der Waals surface area contributed by atoms with Crippen molar-refractivity contribution >= 4 is 29.6 Å². The molecule has 1 N–H and O–H groups in total. The Labute approximate surface area is 207 Å². The Balaban J connectivity index is 1.85. The fourth-order valence-electron chi connectivity index (χ4n) is 3.13. The van der Waals surface area contributed by atoms with Crippen LogP contribution in [0.25, 0.3) is 6.08 Å². The molecule has 0 radical (unpaired) electrons. The van der Waals surface area contributed by atoms with Gasteiger partial charge in [0.25, 0.3) is 5.91 Å². The number of esters is 2. The summed E-state index contributed by atoms with van der Waals surface area (Å²) in [6.45, 7) is 0. The molecule has 9 heteroatoms. The monoisotopic (exact) mass is 486 g/mol. The molecule has 0 fully saturated rings. The van der Waals surface area contributed by atoms with Crippen molar-refractivity contribution in [3.8, 4) is 23.3 Å². The van der Waals surface area contributed by atoms with Gasteiger partial charge < -0.3 is 24.3 Å². The number of nitrogens with zero attached hydrogens (tertiary/aromatic N) is 1. The third kappa shape index (κ3) is 6.07. The van der Waals surface area contributed by atoms with Crippen molar-refractivity contribution in [2.24, 2.45) is 0 Å². The van der Waals surface area contributed by atoms with E-state index in [9.17, 15) is 19.6 Å². The highest BCUT2D eigenvalue weighted by molar-refractivity contribution is 6.12. The summed E-state index contributed by atoms with van der Waals surface area (Å²) in [6, 6.07) is 19.1. The van der Waals surface area contributed by atoms with Crippen molar-refractivity contribution in [1.29, 1.82) is 5.26 Å². The van der Waals surface area contributed by atoms with Gasteiger partial charge in [-0.2, -0.15) is 5.26 Å². The van der Waals surface area contributed by atoms with Crippen LogP contribution >= 0.6 is 0 Å². The van der Waals surface area contributed by atoms with Gasteiger partial charge >= 0.3 is 11.9 Å². The first-order valence-corrected chi connectivity index (χ1v) is 10.5. The van der Waals surface area contributed by atoms with Crippen LogP contribution in [0.5, 0.6) is 17.2 Å². The number of para-hydroxylation sites is 1. The summed E-state index contributed by atoms with van der Waals surface area (Å²) in [5, 5.41) is 12.1. The molecule has 9 nitrogen and oxygen atoms in total. The minimum atomic E-state index is -0.735. The molecule has 182 valence electrons. The number of hydrogen-bond acceptors (Lipinski definition) is 8. The molecule has 3 aromatic rings. The normalized spacial score (nSPS) is 10.6. The number of nitrogens with one attached hydrogen (secondary N) is 1. The summed E-state index contributed by atoms with van der Waals surface area (Å²) in [6.07, 6.45) is 1.32. The van der Waals surface area contributed by atoms with E-state index in [4.69, 9.17) is 18.9 Å². The van der Waals surface area contributed by atoms with E-state index in [0.29, 0.717) is 16.9 Å². The minimum Gasteiger partial charge on any atom is -0.497 e. The van der Waals surface area contributed by atoms with Crippen LogP contribution in [0.1, 0.15) is 26.3 Å².